The monoisotopic (exact) mass is 340 g/mol. The van der Waals surface area contributed by atoms with E-state index in [-0.39, 0.29) is 11.9 Å². The Hall–Kier alpha value is -2.14. The summed E-state index contributed by atoms with van der Waals surface area (Å²) < 4.78 is 1.89. The van der Waals surface area contributed by atoms with Crippen LogP contribution < -0.4 is 5.32 Å². The molecule has 0 bridgehead atoms. The molecule has 2 aromatic rings. The van der Waals surface area contributed by atoms with Gasteiger partial charge in [0.1, 0.15) is 0 Å². The molecule has 0 saturated carbocycles. The number of para-hydroxylation sites is 1. The summed E-state index contributed by atoms with van der Waals surface area (Å²) in [5, 5.41) is 7.73. The van der Waals surface area contributed by atoms with Gasteiger partial charge in [-0.15, -0.1) is 0 Å². The van der Waals surface area contributed by atoms with Crippen LogP contribution in [-0.2, 0) is 4.79 Å². The number of amides is 1. The summed E-state index contributed by atoms with van der Waals surface area (Å²) in [6, 6.07) is 9.89. The number of likely N-dealkylation sites (tertiary alicyclic amines) is 1. The average Bonchev–Trinajstić information content (AvgIpc) is 2.83. The van der Waals surface area contributed by atoms with Gasteiger partial charge in [-0.25, -0.2) is 4.68 Å². The van der Waals surface area contributed by atoms with Crippen LogP contribution in [0.25, 0.3) is 5.69 Å². The quantitative estimate of drug-likeness (QED) is 0.923. The second kappa shape index (κ2) is 7.83. The van der Waals surface area contributed by atoms with Crippen molar-refractivity contribution in [1.82, 2.24) is 14.7 Å². The van der Waals surface area contributed by atoms with E-state index in [4.69, 9.17) is 0 Å². The van der Waals surface area contributed by atoms with E-state index in [1.807, 2.05) is 55.8 Å². The number of carbonyl (C=O) groups excluding carboxylic acids is 1. The first-order chi connectivity index (χ1) is 12.1. The third-order valence-corrected chi connectivity index (χ3v) is 5.11. The number of carbonyl (C=O) groups is 1. The van der Waals surface area contributed by atoms with Crippen molar-refractivity contribution in [2.45, 2.75) is 52.5 Å². The second-order valence-electron chi connectivity index (χ2n) is 6.91. The summed E-state index contributed by atoms with van der Waals surface area (Å²) in [6.07, 6.45) is 4.91. The topological polar surface area (TPSA) is 50.2 Å². The zero-order chi connectivity index (χ0) is 17.8. The summed E-state index contributed by atoms with van der Waals surface area (Å²) in [6.45, 7) is 7.97. The fourth-order valence-corrected chi connectivity index (χ4v) is 3.52. The van der Waals surface area contributed by atoms with Crippen molar-refractivity contribution in [2.75, 3.05) is 18.4 Å². The zero-order valence-corrected chi connectivity index (χ0v) is 15.5. The van der Waals surface area contributed by atoms with Gasteiger partial charge >= 0.3 is 0 Å². The lowest BCUT2D eigenvalue weighted by Crippen LogP contribution is -2.42. The fourth-order valence-electron chi connectivity index (χ4n) is 3.52. The van der Waals surface area contributed by atoms with E-state index in [2.05, 4.69) is 15.3 Å². The van der Waals surface area contributed by atoms with Crippen LogP contribution in [0.5, 0.6) is 0 Å². The highest BCUT2D eigenvalue weighted by Gasteiger charge is 2.24. The molecule has 0 radical (unpaired) electrons. The Morgan fingerprint density at radius 2 is 1.72 bits per heavy atom. The molecular weight excluding hydrogens is 312 g/mol. The van der Waals surface area contributed by atoms with Gasteiger partial charge in [0.25, 0.3) is 0 Å². The predicted molar refractivity (Wildman–Crippen MR) is 101 cm³/mol. The molecule has 1 aliphatic heterocycles. The molecule has 1 unspecified atom stereocenters. The lowest BCUT2D eigenvalue weighted by molar-refractivity contribution is -0.120. The van der Waals surface area contributed by atoms with Gasteiger partial charge in [-0.2, -0.15) is 5.10 Å². The highest BCUT2D eigenvalue weighted by Crippen LogP contribution is 2.23. The van der Waals surface area contributed by atoms with E-state index in [0.29, 0.717) is 0 Å². The first kappa shape index (κ1) is 17.7. The first-order valence-electron chi connectivity index (χ1n) is 9.24. The third kappa shape index (κ3) is 3.93. The zero-order valence-electron chi connectivity index (χ0n) is 15.5. The van der Waals surface area contributed by atoms with Crippen LogP contribution in [0.15, 0.2) is 30.3 Å². The molecule has 2 heterocycles. The van der Waals surface area contributed by atoms with Crippen LogP contribution in [-0.4, -0.2) is 39.7 Å². The van der Waals surface area contributed by atoms with Crippen molar-refractivity contribution >= 4 is 11.6 Å². The Labute approximate surface area is 150 Å². The Kier molecular flexibility index (Phi) is 5.53. The molecule has 1 amide bonds. The molecule has 3 rings (SSSR count). The van der Waals surface area contributed by atoms with E-state index < -0.39 is 0 Å². The molecule has 0 aliphatic carbocycles. The standard InChI is InChI=1S/C20H28N4O/c1-15-19(16(2)24(22-15)18-11-7-6-8-12-18)21-20(25)17(3)23-13-9-4-5-10-14-23/h6-8,11-12,17H,4-5,9-10,13-14H2,1-3H3,(H,21,25). The van der Waals surface area contributed by atoms with E-state index in [1.165, 1.54) is 25.7 Å². The SMILES string of the molecule is Cc1nn(-c2ccccc2)c(C)c1NC(=O)C(C)N1CCCCCC1. The van der Waals surface area contributed by atoms with Gasteiger partial charge in [-0.1, -0.05) is 31.0 Å². The Balaban J connectivity index is 1.76. The van der Waals surface area contributed by atoms with Crippen molar-refractivity contribution in [3.8, 4) is 5.69 Å². The minimum absolute atomic E-state index is 0.0562. The Morgan fingerprint density at radius 3 is 2.36 bits per heavy atom. The maximum Gasteiger partial charge on any atom is 0.241 e. The molecule has 5 nitrogen and oxygen atoms in total. The molecule has 1 atom stereocenters. The number of benzene rings is 1. The first-order valence-corrected chi connectivity index (χ1v) is 9.24. The largest absolute Gasteiger partial charge is 0.322 e. The number of nitrogens with one attached hydrogen (secondary N) is 1. The molecular formula is C20H28N4O. The number of hydrogen-bond donors (Lipinski definition) is 1. The van der Waals surface area contributed by atoms with Crippen molar-refractivity contribution < 1.29 is 4.79 Å². The molecule has 5 heteroatoms. The number of hydrogen-bond acceptors (Lipinski definition) is 3. The minimum Gasteiger partial charge on any atom is -0.322 e. The second-order valence-corrected chi connectivity index (χ2v) is 6.91. The number of rotatable bonds is 4. The maximum atomic E-state index is 12.8. The van der Waals surface area contributed by atoms with Gasteiger partial charge in [-0.05, 0) is 58.8 Å². The molecule has 134 valence electrons. The van der Waals surface area contributed by atoms with Crippen LogP contribution in [0, 0.1) is 13.8 Å². The third-order valence-electron chi connectivity index (χ3n) is 5.11. The summed E-state index contributed by atoms with van der Waals surface area (Å²) in [5.74, 6) is 0.0562. The number of nitrogens with zero attached hydrogens (tertiary/aromatic N) is 3. The van der Waals surface area contributed by atoms with Gasteiger partial charge in [0.2, 0.25) is 5.91 Å². The Bertz CT molecular complexity index is 715. The van der Waals surface area contributed by atoms with Crippen molar-refractivity contribution in [2.24, 2.45) is 0 Å². The van der Waals surface area contributed by atoms with E-state index in [1.54, 1.807) is 0 Å². The lowest BCUT2D eigenvalue weighted by atomic mass is 10.2. The molecule has 1 N–H and O–H groups in total. The molecule has 1 aromatic heterocycles. The van der Waals surface area contributed by atoms with Gasteiger partial charge in [-0.3, -0.25) is 9.69 Å². The number of anilines is 1. The predicted octanol–water partition coefficient (Wildman–Crippen LogP) is 3.69. The van der Waals surface area contributed by atoms with Gasteiger partial charge in [0, 0.05) is 0 Å². The van der Waals surface area contributed by atoms with Crippen molar-refractivity contribution in [3.63, 3.8) is 0 Å². The van der Waals surface area contributed by atoms with E-state index >= 15 is 0 Å². The summed E-state index contributed by atoms with van der Waals surface area (Å²) in [5.41, 5.74) is 3.64. The van der Waals surface area contributed by atoms with Crippen LogP contribution in [0.1, 0.15) is 44.0 Å². The molecule has 1 saturated heterocycles. The summed E-state index contributed by atoms with van der Waals surface area (Å²) >= 11 is 0. The van der Waals surface area contributed by atoms with Gasteiger partial charge < -0.3 is 5.32 Å². The average molecular weight is 340 g/mol. The minimum atomic E-state index is -0.114. The van der Waals surface area contributed by atoms with Crippen LogP contribution in [0.3, 0.4) is 0 Å². The van der Waals surface area contributed by atoms with Crippen molar-refractivity contribution in [3.05, 3.63) is 41.7 Å². The molecule has 1 aromatic carbocycles. The summed E-state index contributed by atoms with van der Waals surface area (Å²) in [4.78, 5) is 15.1. The van der Waals surface area contributed by atoms with E-state index in [9.17, 15) is 4.79 Å². The molecule has 1 aliphatic rings. The maximum absolute atomic E-state index is 12.8. The smallest absolute Gasteiger partial charge is 0.241 e. The summed E-state index contributed by atoms with van der Waals surface area (Å²) in [7, 11) is 0. The number of aromatic nitrogens is 2. The van der Waals surface area contributed by atoms with Crippen LogP contribution >= 0.6 is 0 Å². The van der Waals surface area contributed by atoms with E-state index in [0.717, 1.165) is 35.9 Å². The molecule has 0 spiro atoms. The van der Waals surface area contributed by atoms with Crippen LogP contribution in [0.4, 0.5) is 5.69 Å². The Morgan fingerprint density at radius 1 is 1.08 bits per heavy atom. The number of aryl methyl sites for hydroxylation is 1. The normalized spacial score (nSPS) is 17.1. The van der Waals surface area contributed by atoms with Gasteiger partial charge in [0.05, 0.1) is 28.8 Å². The highest BCUT2D eigenvalue weighted by atomic mass is 16.2. The lowest BCUT2D eigenvalue weighted by Gasteiger charge is -2.26. The molecule has 25 heavy (non-hydrogen) atoms. The fraction of sp³-hybridized carbons (Fsp3) is 0.500. The van der Waals surface area contributed by atoms with Crippen molar-refractivity contribution in [1.29, 1.82) is 0 Å². The van der Waals surface area contributed by atoms with Crippen LogP contribution in [0.2, 0.25) is 0 Å². The molecule has 1 fully saturated rings. The van der Waals surface area contributed by atoms with Gasteiger partial charge in [0.15, 0.2) is 0 Å². The highest BCUT2D eigenvalue weighted by molar-refractivity contribution is 5.95.